The van der Waals surface area contributed by atoms with Gasteiger partial charge >= 0.3 is 16.1 Å². The average Bonchev–Trinajstić information content (AvgIpc) is 2.27. The molecule has 0 saturated heterocycles. The maximum absolute atomic E-state index is 11.7. The molecule has 0 unspecified atom stereocenters. The quantitative estimate of drug-likeness (QED) is 0.467. The summed E-state index contributed by atoms with van der Waals surface area (Å²) in [6, 6.07) is 1.87. The van der Waals surface area contributed by atoms with Crippen molar-refractivity contribution < 1.29 is 22.3 Å². The van der Waals surface area contributed by atoms with Crippen LogP contribution in [0.2, 0.25) is 0 Å². The molecule has 1 aromatic rings. The smallest absolute Gasteiger partial charge is 0.341 e. The summed E-state index contributed by atoms with van der Waals surface area (Å²) >= 11 is 0. The van der Waals surface area contributed by atoms with Crippen LogP contribution < -0.4 is 0 Å². The number of carbonyl (C=O) groups is 1. The van der Waals surface area contributed by atoms with Gasteiger partial charge in [0.25, 0.3) is 5.69 Å². The number of hydrogen-bond acceptors (Lipinski definition) is 7. The monoisotopic (exact) mass is 288 g/mol. The first-order valence-corrected chi connectivity index (χ1v) is 6.54. The van der Waals surface area contributed by atoms with Gasteiger partial charge in [0.15, 0.2) is 5.03 Å². The average molecular weight is 288 g/mol. The molecule has 0 bridgehead atoms. The molecule has 104 valence electrons. The van der Waals surface area contributed by atoms with E-state index >= 15 is 0 Å². The zero-order valence-corrected chi connectivity index (χ0v) is 11.3. The minimum Gasteiger partial charge on any atom is -0.341 e. The molecule has 19 heavy (non-hydrogen) atoms. The predicted molar refractivity (Wildman–Crippen MR) is 63.6 cm³/mol. The lowest BCUT2D eigenvalue weighted by atomic mass is 9.98. The van der Waals surface area contributed by atoms with Gasteiger partial charge in [0.05, 0.1) is 10.3 Å². The molecule has 0 aliphatic rings. The number of hydrogen-bond donors (Lipinski definition) is 0. The highest BCUT2D eigenvalue weighted by atomic mass is 32.2. The summed E-state index contributed by atoms with van der Waals surface area (Å²) in [7, 11) is -4.37. The summed E-state index contributed by atoms with van der Waals surface area (Å²) in [6.07, 6.45) is 0.776. The van der Waals surface area contributed by atoms with Crippen molar-refractivity contribution in [2.24, 2.45) is 5.41 Å². The molecule has 8 nitrogen and oxygen atoms in total. The summed E-state index contributed by atoms with van der Waals surface area (Å²) in [5.41, 5.74) is -1.35. The Labute approximate surface area is 109 Å². The van der Waals surface area contributed by atoms with Crippen molar-refractivity contribution in [1.82, 2.24) is 4.98 Å². The van der Waals surface area contributed by atoms with Crippen molar-refractivity contribution in [2.75, 3.05) is 0 Å². The largest absolute Gasteiger partial charge is 0.359 e. The lowest BCUT2D eigenvalue weighted by molar-refractivity contribution is -0.385. The Morgan fingerprint density at radius 1 is 1.37 bits per heavy atom. The number of rotatable bonds is 3. The number of aromatic nitrogens is 1. The molecule has 0 aromatic carbocycles. The number of nitrogens with zero attached hydrogens (tertiary/aromatic N) is 2. The second-order valence-electron chi connectivity index (χ2n) is 4.69. The van der Waals surface area contributed by atoms with Gasteiger partial charge in [0.1, 0.15) is 6.20 Å². The maximum Gasteiger partial charge on any atom is 0.359 e. The third-order valence-corrected chi connectivity index (χ3v) is 3.11. The van der Waals surface area contributed by atoms with Gasteiger partial charge in [0.2, 0.25) is 0 Å². The van der Waals surface area contributed by atoms with Crippen molar-refractivity contribution in [1.29, 1.82) is 0 Å². The van der Waals surface area contributed by atoms with Crippen LogP contribution in [0.25, 0.3) is 0 Å². The summed E-state index contributed by atoms with van der Waals surface area (Å²) in [5.74, 6) is -0.937. The Morgan fingerprint density at radius 3 is 2.32 bits per heavy atom. The fourth-order valence-electron chi connectivity index (χ4n) is 0.896. The van der Waals surface area contributed by atoms with Gasteiger partial charge < -0.3 is 4.18 Å². The third kappa shape index (κ3) is 3.71. The van der Waals surface area contributed by atoms with E-state index in [2.05, 4.69) is 9.17 Å². The number of nitro groups is 1. The Morgan fingerprint density at radius 2 is 1.95 bits per heavy atom. The van der Waals surface area contributed by atoms with Crippen LogP contribution in [-0.4, -0.2) is 24.3 Å². The molecule has 0 saturated carbocycles. The predicted octanol–water partition coefficient (Wildman–Crippen LogP) is 1.27. The highest BCUT2D eigenvalue weighted by molar-refractivity contribution is 7.87. The van der Waals surface area contributed by atoms with Gasteiger partial charge in [-0.05, 0) is 26.8 Å². The Balaban J connectivity index is 3.02. The molecule has 9 heteroatoms. The van der Waals surface area contributed by atoms with E-state index in [1.165, 1.54) is 20.8 Å². The SMILES string of the molecule is CC(C)(C)C(=O)OS(=O)(=O)c1ccc([N+](=O)[O-])cn1. The molecule has 0 fully saturated rings. The van der Waals surface area contributed by atoms with Crippen molar-refractivity contribution in [3.05, 3.63) is 28.4 Å². The lowest BCUT2D eigenvalue weighted by Gasteiger charge is -2.15. The van der Waals surface area contributed by atoms with Crippen molar-refractivity contribution >= 4 is 21.8 Å². The second kappa shape index (κ2) is 4.92. The summed E-state index contributed by atoms with van der Waals surface area (Å²) in [5, 5.41) is 9.84. The van der Waals surface area contributed by atoms with Crippen LogP contribution in [-0.2, 0) is 19.1 Å². The first-order chi connectivity index (χ1) is 8.54. The highest BCUT2D eigenvalue weighted by Crippen LogP contribution is 2.20. The molecule has 0 spiro atoms. The zero-order valence-electron chi connectivity index (χ0n) is 10.5. The van der Waals surface area contributed by atoms with Gasteiger partial charge in [-0.1, -0.05) is 0 Å². The van der Waals surface area contributed by atoms with E-state index in [1.54, 1.807) is 0 Å². The van der Waals surface area contributed by atoms with Gasteiger partial charge in [-0.2, -0.15) is 8.42 Å². The fraction of sp³-hybridized carbons (Fsp3) is 0.400. The van der Waals surface area contributed by atoms with E-state index < -0.39 is 31.5 Å². The van der Waals surface area contributed by atoms with E-state index in [1.807, 2.05) is 0 Å². The molecule has 0 aliphatic carbocycles. The molecular weight excluding hydrogens is 276 g/mol. The Bertz CT molecular complexity index is 600. The summed E-state index contributed by atoms with van der Waals surface area (Å²) < 4.78 is 27.8. The van der Waals surface area contributed by atoms with Crippen LogP contribution in [0, 0.1) is 15.5 Å². The minimum absolute atomic E-state index is 0.360. The van der Waals surface area contributed by atoms with Crippen LogP contribution in [0.1, 0.15) is 20.8 Å². The van der Waals surface area contributed by atoms with Gasteiger partial charge in [0, 0.05) is 6.07 Å². The molecule has 0 aliphatic heterocycles. The standard InChI is InChI=1S/C10H12N2O6S/c1-10(2,3)9(13)18-19(16,17)8-5-4-7(6-11-8)12(14)15/h4-6H,1-3H3. The topological polar surface area (TPSA) is 116 Å². The van der Waals surface area contributed by atoms with Gasteiger partial charge in [-0.15, -0.1) is 0 Å². The molecule has 1 heterocycles. The molecular formula is C10H12N2O6S. The van der Waals surface area contributed by atoms with E-state index in [0.29, 0.717) is 0 Å². The van der Waals surface area contributed by atoms with E-state index in [0.717, 1.165) is 18.3 Å². The number of pyridine rings is 1. The summed E-state index contributed by atoms with van der Waals surface area (Å²) in [4.78, 5) is 24.6. The van der Waals surface area contributed by atoms with Crippen molar-refractivity contribution in [2.45, 2.75) is 25.8 Å². The van der Waals surface area contributed by atoms with E-state index in [9.17, 15) is 23.3 Å². The second-order valence-corrected chi connectivity index (χ2v) is 6.18. The molecule has 0 radical (unpaired) electrons. The van der Waals surface area contributed by atoms with Gasteiger partial charge in [-0.3, -0.25) is 14.9 Å². The van der Waals surface area contributed by atoms with Crippen molar-refractivity contribution in [3.63, 3.8) is 0 Å². The Hall–Kier alpha value is -2.03. The molecule has 0 N–H and O–H groups in total. The third-order valence-electron chi connectivity index (χ3n) is 1.99. The van der Waals surface area contributed by atoms with E-state index in [4.69, 9.17) is 0 Å². The van der Waals surface area contributed by atoms with Gasteiger partial charge in [-0.25, -0.2) is 4.98 Å². The molecule has 0 amide bonds. The number of carbonyl (C=O) groups excluding carboxylic acids is 1. The van der Waals surface area contributed by atoms with Crippen LogP contribution in [0.4, 0.5) is 5.69 Å². The van der Waals surface area contributed by atoms with Crippen LogP contribution in [0.3, 0.4) is 0 Å². The van der Waals surface area contributed by atoms with E-state index in [-0.39, 0.29) is 5.69 Å². The maximum atomic E-state index is 11.7. The molecule has 1 aromatic heterocycles. The highest BCUT2D eigenvalue weighted by Gasteiger charge is 2.30. The van der Waals surface area contributed by atoms with Crippen LogP contribution in [0.15, 0.2) is 23.4 Å². The minimum atomic E-state index is -4.37. The first kappa shape index (κ1) is 15.0. The van der Waals surface area contributed by atoms with Crippen molar-refractivity contribution in [3.8, 4) is 0 Å². The molecule has 1 rings (SSSR count). The van der Waals surface area contributed by atoms with Crippen LogP contribution >= 0.6 is 0 Å². The Kier molecular flexibility index (Phi) is 3.89. The lowest BCUT2D eigenvalue weighted by Crippen LogP contribution is -2.26. The molecule has 0 atom stereocenters. The first-order valence-electron chi connectivity index (χ1n) is 5.13. The fourth-order valence-corrected chi connectivity index (χ4v) is 1.85. The normalized spacial score (nSPS) is 11.9. The zero-order chi connectivity index (χ0) is 14.8. The van der Waals surface area contributed by atoms with Crippen LogP contribution in [0.5, 0.6) is 0 Å². The summed E-state index contributed by atoms with van der Waals surface area (Å²) in [6.45, 7) is 4.48.